The van der Waals surface area contributed by atoms with E-state index in [1.165, 1.54) is 6.07 Å². The van der Waals surface area contributed by atoms with E-state index in [1.807, 2.05) is 17.0 Å². The Kier molecular flexibility index (Phi) is 7.25. The summed E-state index contributed by atoms with van der Waals surface area (Å²) in [6.45, 7) is 2.63. The zero-order chi connectivity index (χ0) is 19.9. The summed E-state index contributed by atoms with van der Waals surface area (Å²) in [5.41, 5.74) is 1.77. The SMILES string of the molecule is O=C(NCC(CO)Cc1ccc(Cl)cc1)c1ccc(N2CCOCC2)c(F)c1. The number of rotatable bonds is 7. The van der Waals surface area contributed by atoms with Gasteiger partial charge in [-0.2, -0.15) is 0 Å². The molecule has 1 saturated heterocycles. The molecule has 1 heterocycles. The maximum Gasteiger partial charge on any atom is 0.251 e. The number of morpholine rings is 1. The minimum absolute atomic E-state index is 0.0623. The van der Waals surface area contributed by atoms with Gasteiger partial charge in [-0.1, -0.05) is 23.7 Å². The van der Waals surface area contributed by atoms with Gasteiger partial charge in [0.25, 0.3) is 5.91 Å². The van der Waals surface area contributed by atoms with Gasteiger partial charge in [0.2, 0.25) is 0 Å². The van der Waals surface area contributed by atoms with E-state index in [2.05, 4.69) is 5.32 Å². The molecule has 0 bridgehead atoms. The lowest BCUT2D eigenvalue weighted by Crippen LogP contribution is -2.37. The average molecular weight is 407 g/mol. The van der Waals surface area contributed by atoms with Crippen LogP contribution in [-0.2, 0) is 11.2 Å². The Morgan fingerprint density at radius 1 is 1.21 bits per heavy atom. The van der Waals surface area contributed by atoms with Crippen LogP contribution >= 0.6 is 11.6 Å². The van der Waals surface area contributed by atoms with E-state index in [-0.39, 0.29) is 24.0 Å². The molecule has 1 unspecified atom stereocenters. The fraction of sp³-hybridized carbons (Fsp3) is 0.381. The molecule has 5 nitrogen and oxygen atoms in total. The third-order valence-electron chi connectivity index (χ3n) is 4.81. The summed E-state index contributed by atoms with van der Waals surface area (Å²) in [6.07, 6.45) is 0.609. The van der Waals surface area contributed by atoms with Crippen LogP contribution in [0, 0.1) is 11.7 Å². The summed E-state index contributed by atoms with van der Waals surface area (Å²) in [5.74, 6) is -0.918. The fourth-order valence-corrected chi connectivity index (χ4v) is 3.33. The highest BCUT2D eigenvalue weighted by Gasteiger charge is 2.17. The van der Waals surface area contributed by atoms with Crippen LogP contribution in [0.5, 0.6) is 0 Å². The van der Waals surface area contributed by atoms with Gasteiger partial charge >= 0.3 is 0 Å². The number of carbonyl (C=O) groups is 1. The number of halogens is 2. The van der Waals surface area contributed by atoms with Crippen molar-refractivity contribution >= 4 is 23.2 Å². The van der Waals surface area contributed by atoms with Crippen LogP contribution in [0.1, 0.15) is 15.9 Å². The molecule has 1 fully saturated rings. The molecular weight excluding hydrogens is 383 g/mol. The number of aliphatic hydroxyl groups is 1. The van der Waals surface area contributed by atoms with Gasteiger partial charge in [0, 0.05) is 42.7 Å². The predicted molar refractivity (Wildman–Crippen MR) is 107 cm³/mol. The number of amides is 1. The lowest BCUT2D eigenvalue weighted by molar-refractivity contribution is 0.0939. The van der Waals surface area contributed by atoms with Gasteiger partial charge in [-0.3, -0.25) is 4.79 Å². The third-order valence-corrected chi connectivity index (χ3v) is 5.06. The molecular formula is C21H24ClFN2O3. The normalized spacial score (nSPS) is 15.3. The molecule has 28 heavy (non-hydrogen) atoms. The molecule has 7 heteroatoms. The summed E-state index contributed by atoms with van der Waals surface area (Å²) < 4.78 is 19.7. The number of hydrogen-bond donors (Lipinski definition) is 2. The van der Waals surface area contributed by atoms with Crippen LogP contribution in [0.25, 0.3) is 0 Å². The smallest absolute Gasteiger partial charge is 0.251 e. The molecule has 0 radical (unpaired) electrons. The molecule has 1 atom stereocenters. The summed E-state index contributed by atoms with van der Waals surface area (Å²) >= 11 is 5.88. The van der Waals surface area contributed by atoms with Gasteiger partial charge in [0.15, 0.2) is 0 Å². The van der Waals surface area contributed by atoms with Gasteiger partial charge in [0.1, 0.15) is 5.82 Å². The molecule has 2 aromatic rings. The number of ether oxygens (including phenoxy) is 1. The second kappa shape index (κ2) is 9.87. The van der Waals surface area contributed by atoms with Crippen molar-refractivity contribution in [1.29, 1.82) is 0 Å². The van der Waals surface area contributed by atoms with E-state index in [0.717, 1.165) is 5.56 Å². The minimum Gasteiger partial charge on any atom is -0.396 e. The van der Waals surface area contributed by atoms with Crippen LogP contribution in [0.4, 0.5) is 10.1 Å². The van der Waals surface area contributed by atoms with E-state index < -0.39 is 5.82 Å². The molecule has 2 aromatic carbocycles. The van der Waals surface area contributed by atoms with Gasteiger partial charge < -0.3 is 20.1 Å². The lowest BCUT2D eigenvalue weighted by atomic mass is 10.00. The monoisotopic (exact) mass is 406 g/mol. The molecule has 1 aliphatic rings. The van der Waals surface area contributed by atoms with Gasteiger partial charge in [-0.05, 0) is 42.3 Å². The molecule has 1 aliphatic heterocycles. The fourth-order valence-electron chi connectivity index (χ4n) is 3.20. The van der Waals surface area contributed by atoms with E-state index in [9.17, 15) is 14.3 Å². The van der Waals surface area contributed by atoms with Gasteiger partial charge in [-0.25, -0.2) is 4.39 Å². The number of benzene rings is 2. The Morgan fingerprint density at radius 2 is 1.93 bits per heavy atom. The Balaban J connectivity index is 1.57. The van der Waals surface area contributed by atoms with E-state index in [0.29, 0.717) is 50.0 Å². The number of aliphatic hydroxyl groups excluding tert-OH is 1. The van der Waals surface area contributed by atoms with Gasteiger partial charge in [-0.15, -0.1) is 0 Å². The van der Waals surface area contributed by atoms with Crippen molar-refractivity contribution in [3.05, 3.63) is 64.4 Å². The Morgan fingerprint density at radius 3 is 2.57 bits per heavy atom. The summed E-state index contributed by atoms with van der Waals surface area (Å²) in [6, 6.07) is 11.9. The van der Waals surface area contributed by atoms with Gasteiger partial charge in [0.05, 0.1) is 18.9 Å². The molecule has 0 saturated carbocycles. The molecule has 150 valence electrons. The van der Waals surface area contributed by atoms with Crippen LogP contribution in [0.2, 0.25) is 5.02 Å². The molecule has 0 aliphatic carbocycles. The maximum atomic E-state index is 14.5. The first-order valence-corrected chi connectivity index (χ1v) is 9.70. The van der Waals surface area contributed by atoms with Crippen LogP contribution in [0.15, 0.2) is 42.5 Å². The Hall–Kier alpha value is -2.15. The molecule has 1 amide bonds. The quantitative estimate of drug-likeness (QED) is 0.742. The summed E-state index contributed by atoms with van der Waals surface area (Å²) in [4.78, 5) is 14.3. The van der Waals surface area contributed by atoms with Crippen molar-refractivity contribution in [2.75, 3.05) is 44.4 Å². The van der Waals surface area contributed by atoms with Crippen LogP contribution in [-0.4, -0.2) is 50.5 Å². The molecule has 2 N–H and O–H groups in total. The number of nitrogens with one attached hydrogen (secondary N) is 1. The number of carbonyl (C=O) groups excluding carboxylic acids is 1. The highest BCUT2D eigenvalue weighted by atomic mass is 35.5. The number of nitrogens with zero attached hydrogens (tertiary/aromatic N) is 1. The van der Waals surface area contributed by atoms with E-state index in [4.69, 9.17) is 16.3 Å². The standard InChI is InChI=1S/C21H24ClFN2O3/c22-18-4-1-15(2-5-18)11-16(14-26)13-24-21(27)17-3-6-20(19(23)12-17)25-7-9-28-10-8-25/h1-6,12,16,26H,7-11,13-14H2,(H,24,27). The zero-order valence-corrected chi connectivity index (χ0v) is 16.3. The predicted octanol–water partition coefficient (Wildman–Crippen LogP) is 2.90. The second-order valence-electron chi connectivity index (χ2n) is 6.85. The van der Waals surface area contributed by atoms with Crippen molar-refractivity contribution in [3.63, 3.8) is 0 Å². The van der Waals surface area contributed by atoms with Crippen LogP contribution < -0.4 is 10.2 Å². The first-order valence-electron chi connectivity index (χ1n) is 9.32. The van der Waals surface area contributed by atoms with Crippen molar-refractivity contribution in [3.8, 4) is 0 Å². The number of hydrogen-bond acceptors (Lipinski definition) is 4. The van der Waals surface area contributed by atoms with Crippen LogP contribution in [0.3, 0.4) is 0 Å². The topological polar surface area (TPSA) is 61.8 Å². The second-order valence-corrected chi connectivity index (χ2v) is 7.29. The largest absolute Gasteiger partial charge is 0.396 e. The Labute approximate surface area is 169 Å². The van der Waals surface area contributed by atoms with Crippen molar-refractivity contribution < 1.29 is 19.0 Å². The summed E-state index contributed by atoms with van der Waals surface area (Å²) in [7, 11) is 0. The van der Waals surface area contributed by atoms with E-state index >= 15 is 0 Å². The van der Waals surface area contributed by atoms with Crippen molar-refractivity contribution in [1.82, 2.24) is 5.32 Å². The lowest BCUT2D eigenvalue weighted by Gasteiger charge is -2.29. The maximum absolute atomic E-state index is 14.5. The number of anilines is 1. The van der Waals surface area contributed by atoms with Crippen molar-refractivity contribution in [2.45, 2.75) is 6.42 Å². The highest BCUT2D eigenvalue weighted by molar-refractivity contribution is 6.30. The Bertz CT molecular complexity index is 795. The van der Waals surface area contributed by atoms with Crippen molar-refractivity contribution in [2.24, 2.45) is 5.92 Å². The average Bonchev–Trinajstić information content (AvgIpc) is 2.72. The van der Waals surface area contributed by atoms with E-state index in [1.54, 1.807) is 24.3 Å². The molecule has 3 rings (SSSR count). The third kappa shape index (κ3) is 5.44. The first-order chi connectivity index (χ1) is 13.6. The molecule has 0 spiro atoms. The summed E-state index contributed by atoms with van der Waals surface area (Å²) in [5, 5.41) is 13.0. The first kappa shape index (κ1) is 20.6. The highest BCUT2D eigenvalue weighted by Crippen LogP contribution is 2.21. The molecule has 0 aromatic heterocycles. The minimum atomic E-state index is -0.422. The zero-order valence-electron chi connectivity index (χ0n) is 15.5.